The molecule has 9 heteroatoms. The summed E-state index contributed by atoms with van der Waals surface area (Å²) in [6.07, 6.45) is 3.75. The maximum atomic E-state index is 12.8. The number of amides is 2. The van der Waals surface area contributed by atoms with Gasteiger partial charge in [0.25, 0.3) is 0 Å². The van der Waals surface area contributed by atoms with Crippen LogP contribution in [0.2, 0.25) is 0 Å². The highest BCUT2D eigenvalue weighted by molar-refractivity contribution is 5.92. The Balaban J connectivity index is 2.06. The van der Waals surface area contributed by atoms with Crippen LogP contribution in [0.1, 0.15) is 33.3 Å². The predicted octanol–water partition coefficient (Wildman–Crippen LogP) is 0.887. The van der Waals surface area contributed by atoms with E-state index in [4.69, 9.17) is 10.5 Å². The Hall–Kier alpha value is -2.94. The maximum absolute atomic E-state index is 12.8. The molecule has 0 fully saturated rings. The van der Waals surface area contributed by atoms with Crippen LogP contribution in [0.3, 0.4) is 0 Å². The molecule has 5 N–H and O–H groups in total. The molecule has 0 bridgehead atoms. The molecule has 0 saturated heterocycles. The van der Waals surface area contributed by atoms with Crippen molar-refractivity contribution in [3.8, 4) is 0 Å². The lowest BCUT2D eigenvalue weighted by Gasteiger charge is -2.27. The van der Waals surface area contributed by atoms with Crippen LogP contribution < -0.4 is 16.4 Å². The molecule has 30 heavy (non-hydrogen) atoms. The Labute approximate surface area is 176 Å². The van der Waals surface area contributed by atoms with Crippen LogP contribution in [0.25, 0.3) is 11.0 Å². The first-order valence-corrected chi connectivity index (χ1v) is 10.0. The van der Waals surface area contributed by atoms with Gasteiger partial charge in [0, 0.05) is 17.8 Å². The second kappa shape index (κ2) is 10.2. The van der Waals surface area contributed by atoms with Gasteiger partial charge in [0.15, 0.2) is 0 Å². The number of carbonyl (C=O) groups is 3. The number of methoxy groups -OCH3 is 1. The molecule has 3 atom stereocenters. The lowest BCUT2D eigenvalue weighted by molar-refractivity contribution is -0.146. The molecule has 0 spiro atoms. The maximum Gasteiger partial charge on any atom is 0.328 e. The molecule has 2 rings (SSSR count). The number of fused-ring (bicyclic) bond motifs is 1. The SMILES string of the molecule is COC(=O)[C@@H](NC(=O)[C@@H](NC(=O)[C@@H](N)Cc1c[nH]c2ncccc12)C(C)C)C(C)C. The van der Waals surface area contributed by atoms with E-state index in [1.807, 2.05) is 26.0 Å². The van der Waals surface area contributed by atoms with E-state index in [0.29, 0.717) is 6.42 Å². The molecule has 2 aromatic heterocycles. The molecular formula is C21H31N5O4. The van der Waals surface area contributed by atoms with Crippen LogP contribution in [-0.4, -0.2) is 53.0 Å². The molecule has 0 aliphatic heterocycles. The summed E-state index contributed by atoms with van der Waals surface area (Å²) in [4.78, 5) is 44.7. The molecule has 0 radical (unpaired) electrons. The summed E-state index contributed by atoms with van der Waals surface area (Å²) in [6, 6.07) is 1.24. The quantitative estimate of drug-likeness (QED) is 0.447. The molecule has 2 aromatic rings. The van der Waals surface area contributed by atoms with E-state index in [1.54, 1.807) is 26.2 Å². The van der Waals surface area contributed by atoms with Gasteiger partial charge in [-0.15, -0.1) is 0 Å². The third-order valence-electron chi connectivity index (χ3n) is 4.98. The summed E-state index contributed by atoms with van der Waals surface area (Å²) in [7, 11) is 1.27. The largest absolute Gasteiger partial charge is 0.467 e. The number of hydrogen-bond acceptors (Lipinski definition) is 6. The summed E-state index contributed by atoms with van der Waals surface area (Å²) in [5.41, 5.74) is 7.71. The number of rotatable bonds is 9. The van der Waals surface area contributed by atoms with Gasteiger partial charge in [-0.1, -0.05) is 27.7 Å². The second-order valence-corrected chi connectivity index (χ2v) is 8.01. The van der Waals surface area contributed by atoms with Gasteiger partial charge in [-0.3, -0.25) is 9.59 Å². The molecular weight excluding hydrogens is 386 g/mol. The molecule has 2 heterocycles. The molecule has 0 aromatic carbocycles. The van der Waals surface area contributed by atoms with Gasteiger partial charge >= 0.3 is 5.97 Å². The fourth-order valence-corrected chi connectivity index (χ4v) is 3.17. The van der Waals surface area contributed by atoms with Gasteiger partial charge in [-0.2, -0.15) is 0 Å². The van der Waals surface area contributed by atoms with E-state index in [0.717, 1.165) is 16.6 Å². The number of ether oxygens (including phenoxy) is 1. The Morgan fingerprint density at radius 1 is 1.10 bits per heavy atom. The third-order valence-corrected chi connectivity index (χ3v) is 4.98. The van der Waals surface area contributed by atoms with Gasteiger partial charge in [-0.05, 0) is 36.0 Å². The minimum Gasteiger partial charge on any atom is -0.467 e. The predicted molar refractivity (Wildman–Crippen MR) is 113 cm³/mol. The number of aromatic nitrogens is 2. The van der Waals surface area contributed by atoms with Crippen LogP contribution in [0.5, 0.6) is 0 Å². The Morgan fingerprint density at radius 3 is 2.33 bits per heavy atom. The number of nitrogens with two attached hydrogens (primary N) is 1. The monoisotopic (exact) mass is 417 g/mol. The number of esters is 1. The molecule has 0 saturated carbocycles. The normalized spacial score (nSPS) is 14.4. The first-order valence-electron chi connectivity index (χ1n) is 10.0. The topological polar surface area (TPSA) is 139 Å². The highest BCUT2D eigenvalue weighted by Crippen LogP contribution is 2.17. The number of carbonyl (C=O) groups excluding carboxylic acids is 3. The first kappa shape index (κ1) is 23.3. The van der Waals surface area contributed by atoms with Crippen molar-refractivity contribution in [2.24, 2.45) is 17.6 Å². The number of H-pyrrole nitrogens is 1. The molecule has 0 unspecified atom stereocenters. The van der Waals surface area contributed by atoms with Crippen LogP contribution in [-0.2, 0) is 25.5 Å². The summed E-state index contributed by atoms with van der Waals surface area (Å²) < 4.78 is 4.76. The smallest absolute Gasteiger partial charge is 0.328 e. The molecule has 0 aliphatic rings. The van der Waals surface area contributed by atoms with Crippen molar-refractivity contribution in [2.45, 2.75) is 52.2 Å². The van der Waals surface area contributed by atoms with Gasteiger partial charge < -0.3 is 26.1 Å². The number of aromatic amines is 1. The zero-order valence-corrected chi connectivity index (χ0v) is 18.1. The number of nitrogens with zero attached hydrogens (tertiary/aromatic N) is 1. The Kier molecular flexibility index (Phi) is 7.93. The highest BCUT2D eigenvalue weighted by Gasteiger charge is 2.31. The van der Waals surface area contributed by atoms with E-state index in [2.05, 4.69) is 20.6 Å². The van der Waals surface area contributed by atoms with Crippen LogP contribution in [0.15, 0.2) is 24.5 Å². The Morgan fingerprint density at radius 2 is 1.73 bits per heavy atom. The van der Waals surface area contributed by atoms with Crippen molar-refractivity contribution >= 4 is 28.8 Å². The lowest BCUT2D eigenvalue weighted by Crippen LogP contribution is -2.57. The standard InChI is InChI=1S/C21H31N5O4/c1-11(2)16(20(28)26-17(12(3)4)21(29)30-5)25-19(27)15(22)9-13-10-24-18-14(13)7-6-8-23-18/h6-8,10-12,15-17H,9,22H2,1-5H3,(H,23,24)(H,25,27)(H,26,28)/t15-,16-,17-/m0/s1. The first-order chi connectivity index (χ1) is 14.1. The van der Waals surface area contributed by atoms with E-state index in [-0.39, 0.29) is 11.8 Å². The molecule has 9 nitrogen and oxygen atoms in total. The van der Waals surface area contributed by atoms with Crippen molar-refractivity contribution in [3.05, 3.63) is 30.1 Å². The summed E-state index contributed by atoms with van der Waals surface area (Å²) in [5.74, 6) is -1.80. The van der Waals surface area contributed by atoms with E-state index >= 15 is 0 Å². The summed E-state index contributed by atoms with van der Waals surface area (Å²) >= 11 is 0. The van der Waals surface area contributed by atoms with Crippen molar-refractivity contribution in [1.29, 1.82) is 0 Å². The number of hydrogen-bond donors (Lipinski definition) is 4. The van der Waals surface area contributed by atoms with Crippen LogP contribution in [0, 0.1) is 11.8 Å². The number of pyridine rings is 1. The van der Waals surface area contributed by atoms with Gasteiger partial charge in [0.05, 0.1) is 13.2 Å². The zero-order valence-electron chi connectivity index (χ0n) is 18.1. The van der Waals surface area contributed by atoms with Crippen molar-refractivity contribution in [1.82, 2.24) is 20.6 Å². The summed E-state index contributed by atoms with van der Waals surface area (Å²) in [5, 5.41) is 6.30. The van der Waals surface area contributed by atoms with Crippen molar-refractivity contribution < 1.29 is 19.1 Å². The minimum absolute atomic E-state index is 0.164. The minimum atomic E-state index is -0.847. The van der Waals surface area contributed by atoms with Crippen LogP contribution >= 0.6 is 0 Å². The van der Waals surface area contributed by atoms with E-state index in [9.17, 15) is 14.4 Å². The number of nitrogens with one attached hydrogen (secondary N) is 3. The third kappa shape index (κ3) is 5.56. The molecule has 0 aliphatic carbocycles. The van der Waals surface area contributed by atoms with E-state index < -0.39 is 35.9 Å². The fourth-order valence-electron chi connectivity index (χ4n) is 3.17. The lowest BCUT2D eigenvalue weighted by atomic mass is 9.99. The second-order valence-electron chi connectivity index (χ2n) is 8.01. The van der Waals surface area contributed by atoms with Gasteiger partial charge in [-0.25, -0.2) is 9.78 Å². The Bertz CT molecular complexity index is 892. The van der Waals surface area contributed by atoms with Crippen molar-refractivity contribution in [2.75, 3.05) is 7.11 Å². The van der Waals surface area contributed by atoms with Crippen molar-refractivity contribution in [3.63, 3.8) is 0 Å². The summed E-state index contributed by atoms with van der Waals surface area (Å²) in [6.45, 7) is 7.22. The van der Waals surface area contributed by atoms with Crippen LogP contribution in [0.4, 0.5) is 0 Å². The van der Waals surface area contributed by atoms with Gasteiger partial charge in [0.2, 0.25) is 11.8 Å². The fraction of sp³-hybridized carbons (Fsp3) is 0.524. The molecule has 164 valence electrons. The molecule has 2 amide bonds. The highest BCUT2D eigenvalue weighted by atomic mass is 16.5. The van der Waals surface area contributed by atoms with E-state index in [1.165, 1.54) is 7.11 Å². The average Bonchev–Trinajstić information content (AvgIpc) is 3.11. The zero-order chi connectivity index (χ0) is 22.4. The van der Waals surface area contributed by atoms with Gasteiger partial charge in [0.1, 0.15) is 17.7 Å². The average molecular weight is 418 g/mol.